The van der Waals surface area contributed by atoms with Crippen LogP contribution in [0.25, 0.3) is 0 Å². The minimum Gasteiger partial charge on any atom is -0.493 e. The fourth-order valence-electron chi connectivity index (χ4n) is 2.73. The number of ether oxygens (including phenoxy) is 4. The summed E-state index contributed by atoms with van der Waals surface area (Å²) in [5.74, 6) is -0.800. The van der Waals surface area contributed by atoms with Crippen molar-refractivity contribution in [2.75, 3.05) is 47.1 Å². The van der Waals surface area contributed by atoms with Crippen molar-refractivity contribution in [2.45, 2.75) is 6.54 Å². The van der Waals surface area contributed by atoms with E-state index in [1.807, 2.05) is 0 Å². The number of aliphatic carboxylic acids is 1. The minimum atomic E-state index is -1.11. The van der Waals surface area contributed by atoms with Crippen molar-refractivity contribution in [1.29, 1.82) is 0 Å². The Morgan fingerprint density at radius 2 is 1.83 bits per heavy atom. The van der Waals surface area contributed by atoms with E-state index < -0.39 is 18.4 Å². The summed E-state index contributed by atoms with van der Waals surface area (Å²) in [5.41, 5.74) is 0.835. The molecule has 2 aromatic carbocycles. The third-order valence-corrected chi connectivity index (χ3v) is 4.43. The standard InChI is InChI=1S/C21H25ClFNO6/c1-27-9-7-24(8-10-29-18-6-4-3-5-17(18)23)13-15-11-16(22)21(19(12-15)28-2)30-14-20(25)26/h3-6,11-12H,7-10,13-14H2,1-2H3,(H,25,26). The van der Waals surface area contributed by atoms with Gasteiger partial charge in [0.25, 0.3) is 0 Å². The first-order chi connectivity index (χ1) is 14.4. The summed E-state index contributed by atoms with van der Waals surface area (Å²) in [6.07, 6.45) is 0. The van der Waals surface area contributed by atoms with Gasteiger partial charge in [-0.1, -0.05) is 23.7 Å². The van der Waals surface area contributed by atoms with Crippen LogP contribution in [0.1, 0.15) is 5.56 Å². The lowest BCUT2D eigenvalue weighted by atomic mass is 10.2. The zero-order valence-electron chi connectivity index (χ0n) is 16.9. The second kappa shape index (κ2) is 12.2. The molecule has 0 amide bonds. The molecule has 0 aliphatic carbocycles. The van der Waals surface area contributed by atoms with Crippen LogP contribution in [0, 0.1) is 5.82 Å². The number of carbonyl (C=O) groups is 1. The van der Waals surface area contributed by atoms with E-state index in [0.717, 1.165) is 5.56 Å². The highest BCUT2D eigenvalue weighted by molar-refractivity contribution is 6.32. The van der Waals surface area contributed by atoms with Crippen molar-refractivity contribution in [3.8, 4) is 17.2 Å². The fraction of sp³-hybridized carbons (Fsp3) is 0.381. The van der Waals surface area contributed by atoms with Gasteiger partial charge < -0.3 is 24.1 Å². The Kier molecular flexibility index (Phi) is 9.66. The van der Waals surface area contributed by atoms with Crippen LogP contribution in [0.5, 0.6) is 17.2 Å². The smallest absolute Gasteiger partial charge is 0.341 e. The van der Waals surface area contributed by atoms with Gasteiger partial charge >= 0.3 is 5.97 Å². The first-order valence-corrected chi connectivity index (χ1v) is 9.62. The lowest BCUT2D eigenvalue weighted by Crippen LogP contribution is -2.31. The molecule has 0 heterocycles. The quantitative estimate of drug-likeness (QED) is 0.510. The van der Waals surface area contributed by atoms with Crippen LogP contribution in [0.3, 0.4) is 0 Å². The molecule has 2 rings (SSSR count). The number of carboxylic acid groups (broad SMARTS) is 1. The van der Waals surface area contributed by atoms with Gasteiger partial charge in [-0.05, 0) is 29.8 Å². The maximum atomic E-state index is 13.7. The Morgan fingerprint density at radius 1 is 1.10 bits per heavy atom. The molecule has 1 N–H and O–H groups in total. The summed E-state index contributed by atoms with van der Waals surface area (Å²) < 4.78 is 34.9. The van der Waals surface area contributed by atoms with Gasteiger partial charge in [-0.15, -0.1) is 0 Å². The Labute approximate surface area is 179 Å². The summed E-state index contributed by atoms with van der Waals surface area (Å²) in [5, 5.41) is 9.05. The molecule has 0 unspecified atom stereocenters. The monoisotopic (exact) mass is 441 g/mol. The Bertz CT molecular complexity index is 835. The molecule has 0 atom stereocenters. The number of carboxylic acids is 1. The number of hydrogen-bond donors (Lipinski definition) is 1. The van der Waals surface area contributed by atoms with Crippen LogP contribution in [-0.2, 0) is 16.1 Å². The van der Waals surface area contributed by atoms with E-state index in [4.69, 9.17) is 35.7 Å². The molecule has 0 aliphatic rings. The number of methoxy groups -OCH3 is 2. The highest BCUT2D eigenvalue weighted by Gasteiger charge is 2.16. The topological polar surface area (TPSA) is 77.5 Å². The SMILES string of the molecule is COCCN(CCOc1ccccc1F)Cc1cc(Cl)c(OCC(=O)O)c(OC)c1. The van der Waals surface area contributed by atoms with Gasteiger partial charge in [0.2, 0.25) is 0 Å². The first-order valence-electron chi connectivity index (χ1n) is 9.24. The second-order valence-electron chi connectivity index (χ2n) is 6.34. The minimum absolute atomic E-state index is 0.177. The van der Waals surface area contributed by atoms with Gasteiger partial charge in [-0.2, -0.15) is 0 Å². The maximum Gasteiger partial charge on any atom is 0.341 e. The molecule has 2 aromatic rings. The number of nitrogens with zero attached hydrogens (tertiary/aromatic N) is 1. The Morgan fingerprint density at radius 3 is 2.50 bits per heavy atom. The second-order valence-corrected chi connectivity index (χ2v) is 6.75. The van der Waals surface area contributed by atoms with E-state index >= 15 is 0 Å². The van der Waals surface area contributed by atoms with Crippen molar-refractivity contribution in [1.82, 2.24) is 4.90 Å². The average Bonchev–Trinajstić information content (AvgIpc) is 2.71. The van der Waals surface area contributed by atoms with Gasteiger partial charge in [0.05, 0.1) is 18.7 Å². The summed E-state index contributed by atoms with van der Waals surface area (Å²) in [6.45, 7) is 1.91. The Balaban J connectivity index is 2.06. The Hall–Kier alpha value is -2.55. The van der Waals surface area contributed by atoms with Gasteiger partial charge in [0.1, 0.15) is 6.61 Å². The fourth-order valence-corrected chi connectivity index (χ4v) is 3.02. The predicted molar refractivity (Wildman–Crippen MR) is 110 cm³/mol. The molecule has 0 bridgehead atoms. The number of para-hydroxylation sites is 1. The molecule has 0 spiro atoms. The molecule has 0 aromatic heterocycles. The molecule has 0 radical (unpaired) electrons. The molecule has 0 saturated heterocycles. The molecule has 0 saturated carbocycles. The lowest BCUT2D eigenvalue weighted by Gasteiger charge is -2.23. The molecular formula is C21H25ClFNO6. The van der Waals surface area contributed by atoms with E-state index in [2.05, 4.69) is 4.90 Å². The average molecular weight is 442 g/mol. The van der Waals surface area contributed by atoms with Gasteiger partial charge in [-0.3, -0.25) is 4.90 Å². The van der Waals surface area contributed by atoms with E-state index in [1.165, 1.54) is 13.2 Å². The highest BCUT2D eigenvalue weighted by atomic mass is 35.5. The lowest BCUT2D eigenvalue weighted by molar-refractivity contribution is -0.139. The van der Waals surface area contributed by atoms with Gasteiger partial charge in [-0.25, -0.2) is 9.18 Å². The van der Waals surface area contributed by atoms with Crippen LogP contribution in [-0.4, -0.2) is 63.1 Å². The molecule has 7 nitrogen and oxygen atoms in total. The maximum absolute atomic E-state index is 13.7. The predicted octanol–water partition coefficient (Wildman–Crippen LogP) is 3.48. The van der Waals surface area contributed by atoms with Crippen LogP contribution in [0.2, 0.25) is 5.02 Å². The first kappa shape index (κ1) is 23.7. The molecule has 0 fully saturated rings. The van der Waals surface area contributed by atoms with E-state index in [-0.39, 0.29) is 23.1 Å². The van der Waals surface area contributed by atoms with Crippen LogP contribution < -0.4 is 14.2 Å². The van der Waals surface area contributed by atoms with E-state index in [0.29, 0.717) is 32.0 Å². The summed E-state index contributed by atoms with van der Waals surface area (Å²) in [6, 6.07) is 9.67. The van der Waals surface area contributed by atoms with Crippen molar-refractivity contribution < 1.29 is 33.2 Å². The number of benzene rings is 2. The number of hydrogen-bond acceptors (Lipinski definition) is 6. The summed E-state index contributed by atoms with van der Waals surface area (Å²) in [4.78, 5) is 12.8. The zero-order valence-corrected chi connectivity index (χ0v) is 17.7. The molecule has 9 heteroatoms. The van der Waals surface area contributed by atoms with Crippen molar-refractivity contribution in [3.05, 3.63) is 52.8 Å². The number of halogens is 2. The summed E-state index contributed by atoms with van der Waals surface area (Å²) in [7, 11) is 3.07. The van der Waals surface area contributed by atoms with E-state index in [1.54, 1.807) is 37.4 Å². The van der Waals surface area contributed by atoms with Crippen LogP contribution in [0.15, 0.2) is 36.4 Å². The van der Waals surface area contributed by atoms with Crippen LogP contribution >= 0.6 is 11.6 Å². The highest BCUT2D eigenvalue weighted by Crippen LogP contribution is 2.36. The molecule has 0 aliphatic heterocycles. The van der Waals surface area contributed by atoms with Crippen molar-refractivity contribution in [3.63, 3.8) is 0 Å². The third kappa shape index (κ3) is 7.37. The molecular weight excluding hydrogens is 417 g/mol. The number of rotatable bonds is 13. The van der Waals surface area contributed by atoms with Gasteiger partial charge in [0.15, 0.2) is 29.7 Å². The van der Waals surface area contributed by atoms with Crippen molar-refractivity contribution in [2.24, 2.45) is 0 Å². The normalized spacial score (nSPS) is 10.8. The zero-order chi connectivity index (χ0) is 21.9. The third-order valence-electron chi connectivity index (χ3n) is 4.15. The largest absolute Gasteiger partial charge is 0.493 e. The summed E-state index contributed by atoms with van der Waals surface area (Å²) >= 11 is 6.28. The van der Waals surface area contributed by atoms with Gasteiger partial charge in [0, 0.05) is 26.7 Å². The van der Waals surface area contributed by atoms with E-state index in [9.17, 15) is 9.18 Å². The van der Waals surface area contributed by atoms with Crippen molar-refractivity contribution >= 4 is 17.6 Å². The van der Waals surface area contributed by atoms with Crippen LogP contribution in [0.4, 0.5) is 4.39 Å². The molecule has 164 valence electrons. The molecule has 30 heavy (non-hydrogen) atoms.